The number of halogens is 1. The monoisotopic (exact) mass is 195 g/mol. The molecule has 1 unspecified atom stereocenters. The normalized spacial score (nSPS) is 32.9. The highest BCUT2D eigenvalue weighted by molar-refractivity contribution is 7.84. The van der Waals surface area contributed by atoms with E-state index in [1.807, 2.05) is 0 Å². The summed E-state index contributed by atoms with van der Waals surface area (Å²) in [6.45, 7) is 0.859. The van der Waals surface area contributed by atoms with E-state index in [0.717, 1.165) is 25.1 Å². The summed E-state index contributed by atoms with van der Waals surface area (Å²) in [7, 11) is -0.664. The van der Waals surface area contributed by atoms with Gasteiger partial charge >= 0.3 is 0 Å². The molecule has 1 fully saturated rings. The van der Waals surface area contributed by atoms with Crippen LogP contribution in [-0.2, 0) is 10.8 Å². The fourth-order valence-electron chi connectivity index (χ4n) is 1.12. The van der Waals surface area contributed by atoms with Crippen LogP contribution < -0.4 is 5.32 Å². The van der Waals surface area contributed by atoms with Gasteiger partial charge in [-0.05, 0) is 12.8 Å². The Morgan fingerprint density at radius 1 is 1.64 bits per heavy atom. The van der Waals surface area contributed by atoms with Crippen molar-refractivity contribution in [2.24, 2.45) is 0 Å². The molecule has 11 heavy (non-hydrogen) atoms. The van der Waals surface area contributed by atoms with E-state index in [-0.39, 0.29) is 0 Å². The molecule has 0 bridgehead atoms. The van der Waals surface area contributed by atoms with E-state index in [2.05, 4.69) is 5.32 Å². The Balaban J connectivity index is 1.92. The fraction of sp³-hybridized carbons (Fsp3) is 1.00. The molecule has 0 radical (unpaired) electrons. The number of alkyl halides is 1. The minimum absolute atomic E-state index is 0.375. The van der Waals surface area contributed by atoms with Crippen LogP contribution in [0, 0.1) is 0 Å². The molecule has 0 heterocycles. The van der Waals surface area contributed by atoms with E-state index in [9.17, 15) is 4.21 Å². The van der Waals surface area contributed by atoms with Gasteiger partial charge in [-0.1, -0.05) is 0 Å². The van der Waals surface area contributed by atoms with Gasteiger partial charge in [-0.3, -0.25) is 4.21 Å². The highest BCUT2D eigenvalue weighted by atomic mass is 35.5. The third-order valence-corrected chi connectivity index (χ3v) is 3.04. The molecular weight excluding hydrogens is 182 g/mol. The summed E-state index contributed by atoms with van der Waals surface area (Å²) in [6.07, 6.45) is 3.86. The van der Waals surface area contributed by atoms with Gasteiger partial charge in [0.05, 0.1) is 0 Å². The van der Waals surface area contributed by atoms with Crippen molar-refractivity contribution in [3.8, 4) is 0 Å². The van der Waals surface area contributed by atoms with Crippen LogP contribution in [0.3, 0.4) is 0 Å². The smallest absolute Gasteiger partial charge is 0.0365 e. The number of hydrogen-bond acceptors (Lipinski definition) is 2. The summed E-state index contributed by atoms with van der Waals surface area (Å²) < 4.78 is 10.6. The van der Waals surface area contributed by atoms with Crippen molar-refractivity contribution in [2.75, 3.05) is 18.6 Å². The second-order valence-electron chi connectivity index (χ2n) is 3.00. The minimum atomic E-state index is -0.664. The highest BCUT2D eigenvalue weighted by Crippen LogP contribution is 2.24. The molecule has 1 rings (SSSR count). The second-order valence-corrected chi connectivity index (χ2v) is 5.17. The van der Waals surface area contributed by atoms with Gasteiger partial charge < -0.3 is 5.32 Å². The molecule has 0 aliphatic heterocycles. The molecule has 0 aromatic rings. The van der Waals surface area contributed by atoms with Crippen LogP contribution >= 0.6 is 11.6 Å². The zero-order chi connectivity index (χ0) is 8.27. The van der Waals surface area contributed by atoms with Gasteiger partial charge in [-0.25, -0.2) is 0 Å². The van der Waals surface area contributed by atoms with Crippen LogP contribution in [0.25, 0.3) is 0 Å². The van der Waals surface area contributed by atoms with E-state index in [1.54, 1.807) is 6.26 Å². The lowest BCUT2D eigenvalue weighted by Gasteiger charge is -2.31. The molecule has 1 aliphatic carbocycles. The molecule has 1 atom stereocenters. The lowest BCUT2D eigenvalue weighted by atomic mass is 9.92. The lowest BCUT2D eigenvalue weighted by Crippen LogP contribution is -2.43. The van der Waals surface area contributed by atoms with Gasteiger partial charge in [-0.15, -0.1) is 11.6 Å². The Bertz CT molecular complexity index is 147. The topological polar surface area (TPSA) is 29.1 Å². The molecule has 1 aliphatic rings. The predicted molar refractivity (Wildman–Crippen MR) is 49.6 cm³/mol. The first-order valence-electron chi connectivity index (χ1n) is 3.86. The van der Waals surface area contributed by atoms with Gasteiger partial charge in [0.15, 0.2) is 0 Å². The van der Waals surface area contributed by atoms with E-state index in [4.69, 9.17) is 11.6 Å². The average molecular weight is 196 g/mol. The molecule has 4 heteroatoms. The molecule has 0 amide bonds. The predicted octanol–water partition coefficient (Wildman–Crippen LogP) is 0.724. The van der Waals surface area contributed by atoms with E-state index in [0.29, 0.717) is 11.4 Å². The van der Waals surface area contributed by atoms with Gasteiger partial charge in [0, 0.05) is 40.8 Å². The fourth-order valence-corrected chi connectivity index (χ4v) is 1.96. The minimum Gasteiger partial charge on any atom is -0.313 e. The van der Waals surface area contributed by atoms with Crippen molar-refractivity contribution >= 4 is 22.4 Å². The molecule has 2 nitrogen and oxygen atoms in total. The molecule has 0 aromatic carbocycles. The van der Waals surface area contributed by atoms with Crippen LogP contribution in [0.2, 0.25) is 0 Å². The summed E-state index contributed by atoms with van der Waals surface area (Å²) >= 11 is 5.79. The van der Waals surface area contributed by atoms with Crippen LogP contribution in [0.15, 0.2) is 0 Å². The zero-order valence-electron chi connectivity index (χ0n) is 6.68. The first-order chi connectivity index (χ1) is 5.18. The molecule has 0 saturated heterocycles. The summed E-state index contributed by atoms with van der Waals surface area (Å²) in [6, 6.07) is 0.584. The van der Waals surface area contributed by atoms with Gasteiger partial charge in [-0.2, -0.15) is 0 Å². The SMILES string of the molecule is CS(=O)CCNC1CC(Cl)C1. The number of rotatable bonds is 4. The van der Waals surface area contributed by atoms with Gasteiger partial charge in [0.2, 0.25) is 0 Å². The summed E-state index contributed by atoms with van der Waals surface area (Å²) in [5.74, 6) is 0.753. The molecular formula is C7H14ClNOS. The standard InChI is InChI=1S/C7H14ClNOS/c1-11(10)3-2-9-7-4-6(8)5-7/h6-7,9H,2-5H2,1H3. The van der Waals surface area contributed by atoms with Crippen LogP contribution in [0.5, 0.6) is 0 Å². The van der Waals surface area contributed by atoms with Gasteiger partial charge in [0.25, 0.3) is 0 Å². The summed E-state index contributed by atoms with van der Waals surface area (Å²) in [5.41, 5.74) is 0. The molecule has 0 aromatic heterocycles. The third-order valence-electron chi connectivity index (χ3n) is 1.90. The maximum absolute atomic E-state index is 10.6. The first kappa shape index (κ1) is 9.49. The Hall–Kier alpha value is 0.400. The summed E-state index contributed by atoms with van der Waals surface area (Å²) in [4.78, 5) is 0. The largest absolute Gasteiger partial charge is 0.313 e. The van der Waals surface area contributed by atoms with Crippen LogP contribution in [0.4, 0.5) is 0 Å². The maximum Gasteiger partial charge on any atom is 0.0365 e. The first-order valence-corrected chi connectivity index (χ1v) is 6.02. The Morgan fingerprint density at radius 2 is 2.27 bits per heavy atom. The molecule has 1 saturated carbocycles. The number of nitrogens with one attached hydrogen (secondary N) is 1. The van der Waals surface area contributed by atoms with E-state index >= 15 is 0 Å². The highest BCUT2D eigenvalue weighted by Gasteiger charge is 2.26. The third kappa shape index (κ3) is 3.54. The lowest BCUT2D eigenvalue weighted by molar-refractivity contribution is 0.354. The maximum atomic E-state index is 10.6. The van der Waals surface area contributed by atoms with Gasteiger partial charge in [0.1, 0.15) is 0 Å². The molecule has 0 spiro atoms. The van der Waals surface area contributed by atoms with Crippen molar-refractivity contribution in [3.63, 3.8) is 0 Å². The van der Waals surface area contributed by atoms with Crippen LogP contribution in [-0.4, -0.2) is 34.2 Å². The summed E-state index contributed by atoms with van der Waals surface area (Å²) in [5, 5.41) is 3.68. The zero-order valence-corrected chi connectivity index (χ0v) is 8.25. The number of hydrogen-bond donors (Lipinski definition) is 1. The Kier molecular flexibility index (Phi) is 3.82. The quantitative estimate of drug-likeness (QED) is 0.671. The van der Waals surface area contributed by atoms with Crippen molar-refractivity contribution in [3.05, 3.63) is 0 Å². The Morgan fingerprint density at radius 3 is 2.73 bits per heavy atom. The van der Waals surface area contributed by atoms with Crippen LogP contribution in [0.1, 0.15) is 12.8 Å². The van der Waals surface area contributed by atoms with Crippen molar-refractivity contribution in [1.82, 2.24) is 5.32 Å². The Labute approximate surface area is 75.2 Å². The van der Waals surface area contributed by atoms with Crippen molar-refractivity contribution in [1.29, 1.82) is 0 Å². The van der Waals surface area contributed by atoms with E-state index < -0.39 is 10.8 Å². The molecule has 1 N–H and O–H groups in total. The average Bonchev–Trinajstić information content (AvgIpc) is 1.83. The molecule has 66 valence electrons. The van der Waals surface area contributed by atoms with E-state index in [1.165, 1.54) is 0 Å². The van der Waals surface area contributed by atoms with Crippen molar-refractivity contribution in [2.45, 2.75) is 24.3 Å². The second kappa shape index (κ2) is 4.43. The van der Waals surface area contributed by atoms with Crippen molar-refractivity contribution < 1.29 is 4.21 Å².